The Morgan fingerprint density at radius 1 is 0.844 bits per heavy atom. The van der Waals surface area contributed by atoms with Crippen molar-refractivity contribution in [3.63, 3.8) is 0 Å². The van der Waals surface area contributed by atoms with Gasteiger partial charge in [0.2, 0.25) is 0 Å². The second-order valence-electron chi connectivity index (χ2n) is 8.55. The first-order valence-electron chi connectivity index (χ1n) is 10.8. The van der Waals surface area contributed by atoms with Crippen LogP contribution in [0.25, 0.3) is 22.4 Å². The highest BCUT2D eigenvalue weighted by molar-refractivity contribution is 5.95. The van der Waals surface area contributed by atoms with E-state index in [2.05, 4.69) is 10.3 Å². The van der Waals surface area contributed by atoms with Gasteiger partial charge in [0, 0.05) is 44.4 Å². The van der Waals surface area contributed by atoms with E-state index < -0.39 is 5.60 Å². The Labute approximate surface area is 186 Å². The zero-order chi connectivity index (χ0) is 22.3. The van der Waals surface area contributed by atoms with Crippen LogP contribution in [-0.2, 0) is 11.8 Å². The molecule has 1 N–H and O–H groups in total. The Hall–Kier alpha value is -3.52. The molecular weight excluding hydrogens is 406 g/mol. The van der Waals surface area contributed by atoms with E-state index in [1.807, 2.05) is 61.8 Å². The van der Waals surface area contributed by atoms with Crippen molar-refractivity contribution in [1.82, 2.24) is 24.8 Å². The molecule has 2 amide bonds. The van der Waals surface area contributed by atoms with E-state index in [0.29, 0.717) is 44.6 Å². The van der Waals surface area contributed by atoms with Crippen LogP contribution in [-0.4, -0.2) is 73.5 Å². The third-order valence-electron chi connectivity index (χ3n) is 6.22. The summed E-state index contributed by atoms with van der Waals surface area (Å²) in [5.41, 5.74) is 3.40. The van der Waals surface area contributed by atoms with Gasteiger partial charge >= 0.3 is 0 Å². The summed E-state index contributed by atoms with van der Waals surface area (Å²) in [6.07, 6.45) is 2.96. The number of rotatable bonds is 4. The fraction of sp³-hybridized carbons (Fsp3) is 0.333. The predicted octanol–water partition coefficient (Wildman–Crippen LogP) is 1.96. The number of carbonyl (C=O) groups excluding carboxylic acids is 2. The van der Waals surface area contributed by atoms with Gasteiger partial charge in [-0.15, -0.1) is 5.10 Å². The summed E-state index contributed by atoms with van der Waals surface area (Å²) in [5, 5.41) is 18.1. The standard InChI is InChI=1S/C24H25N5O3/c1-27-16-21(25-26-27)19-6-2-17(3-7-19)18-4-8-20(9-5-18)22(30)28-12-14-29(15-13-28)23(31)24(32)10-11-24/h2-9,16,32H,10-15H2,1H3. The zero-order valence-corrected chi connectivity index (χ0v) is 17.9. The Morgan fingerprint density at radius 2 is 1.38 bits per heavy atom. The molecule has 5 rings (SSSR count). The Kier molecular flexibility index (Phi) is 5.01. The van der Waals surface area contributed by atoms with Gasteiger partial charge in [0.25, 0.3) is 11.8 Å². The minimum absolute atomic E-state index is 0.0354. The van der Waals surface area contributed by atoms with E-state index in [1.54, 1.807) is 14.5 Å². The molecule has 3 aromatic rings. The van der Waals surface area contributed by atoms with E-state index in [1.165, 1.54) is 0 Å². The lowest BCUT2D eigenvalue weighted by molar-refractivity contribution is -0.143. The van der Waals surface area contributed by atoms with Crippen molar-refractivity contribution in [3.8, 4) is 22.4 Å². The zero-order valence-electron chi connectivity index (χ0n) is 17.9. The van der Waals surface area contributed by atoms with Crippen molar-refractivity contribution < 1.29 is 14.7 Å². The summed E-state index contributed by atoms with van der Waals surface area (Å²) >= 11 is 0. The molecule has 0 bridgehead atoms. The van der Waals surface area contributed by atoms with Crippen molar-refractivity contribution >= 4 is 11.8 Å². The Bertz CT molecular complexity index is 1140. The molecule has 1 saturated heterocycles. The molecular formula is C24H25N5O3. The molecule has 0 unspecified atom stereocenters. The topological polar surface area (TPSA) is 91.6 Å². The smallest absolute Gasteiger partial charge is 0.254 e. The molecule has 1 aliphatic heterocycles. The summed E-state index contributed by atoms with van der Waals surface area (Å²) in [4.78, 5) is 28.6. The lowest BCUT2D eigenvalue weighted by Gasteiger charge is -2.35. The second-order valence-corrected chi connectivity index (χ2v) is 8.55. The van der Waals surface area contributed by atoms with Crippen molar-refractivity contribution in [1.29, 1.82) is 0 Å². The van der Waals surface area contributed by atoms with Gasteiger partial charge in [-0.3, -0.25) is 14.3 Å². The average molecular weight is 431 g/mol. The molecule has 8 heteroatoms. The van der Waals surface area contributed by atoms with Gasteiger partial charge in [0.15, 0.2) is 0 Å². The van der Waals surface area contributed by atoms with Crippen LogP contribution in [0.4, 0.5) is 0 Å². The van der Waals surface area contributed by atoms with Crippen molar-refractivity contribution in [2.75, 3.05) is 26.2 Å². The van der Waals surface area contributed by atoms with E-state index >= 15 is 0 Å². The number of hydrogen-bond donors (Lipinski definition) is 1. The van der Waals surface area contributed by atoms with Gasteiger partial charge < -0.3 is 14.9 Å². The molecule has 0 spiro atoms. The SMILES string of the molecule is Cn1cc(-c2ccc(-c3ccc(C(=O)N4CCN(C(=O)C5(O)CC5)CC4)cc3)cc2)nn1. The highest BCUT2D eigenvalue weighted by Gasteiger charge is 2.50. The molecule has 0 atom stereocenters. The highest BCUT2D eigenvalue weighted by Crippen LogP contribution is 2.37. The highest BCUT2D eigenvalue weighted by atomic mass is 16.3. The van der Waals surface area contributed by atoms with Crippen LogP contribution in [0.5, 0.6) is 0 Å². The molecule has 1 aromatic heterocycles. The number of aliphatic hydroxyl groups is 1. The number of aryl methyl sites for hydroxylation is 1. The first-order chi connectivity index (χ1) is 15.4. The average Bonchev–Trinajstić information content (AvgIpc) is 3.44. The monoisotopic (exact) mass is 431 g/mol. The maximum absolute atomic E-state index is 12.9. The number of nitrogens with zero attached hydrogens (tertiary/aromatic N) is 5. The molecule has 0 radical (unpaired) electrons. The van der Waals surface area contributed by atoms with Gasteiger partial charge in [-0.1, -0.05) is 41.6 Å². The molecule has 1 saturated carbocycles. The number of aromatic nitrogens is 3. The number of hydrogen-bond acceptors (Lipinski definition) is 5. The van der Waals surface area contributed by atoms with Gasteiger partial charge in [-0.05, 0) is 36.1 Å². The number of benzene rings is 2. The largest absolute Gasteiger partial charge is 0.380 e. The van der Waals surface area contributed by atoms with Crippen LogP contribution in [0, 0.1) is 0 Å². The minimum Gasteiger partial charge on any atom is -0.380 e. The fourth-order valence-electron chi connectivity index (χ4n) is 4.04. The summed E-state index contributed by atoms with van der Waals surface area (Å²) in [7, 11) is 1.84. The molecule has 2 aromatic carbocycles. The van der Waals surface area contributed by atoms with E-state index in [4.69, 9.17) is 0 Å². The lowest BCUT2D eigenvalue weighted by Crippen LogP contribution is -2.53. The van der Waals surface area contributed by atoms with Gasteiger partial charge in [0.05, 0.1) is 6.20 Å². The number of carbonyl (C=O) groups is 2. The van der Waals surface area contributed by atoms with E-state index in [0.717, 1.165) is 22.4 Å². The predicted molar refractivity (Wildman–Crippen MR) is 119 cm³/mol. The van der Waals surface area contributed by atoms with Crippen LogP contribution >= 0.6 is 0 Å². The summed E-state index contributed by atoms with van der Waals surface area (Å²) in [5.74, 6) is -0.230. The Balaban J connectivity index is 1.22. The second kappa shape index (κ2) is 7.87. The number of amides is 2. The summed E-state index contributed by atoms with van der Waals surface area (Å²) in [6.45, 7) is 1.88. The summed E-state index contributed by atoms with van der Waals surface area (Å²) < 4.78 is 1.67. The molecule has 164 valence electrons. The van der Waals surface area contributed by atoms with Crippen molar-refractivity contribution in [3.05, 3.63) is 60.3 Å². The van der Waals surface area contributed by atoms with Crippen LogP contribution < -0.4 is 0 Å². The van der Waals surface area contributed by atoms with Crippen LogP contribution in [0.2, 0.25) is 0 Å². The molecule has 2 aliphatic rings. The molecule has 1 aliphatic carbocycles. The van der Waals surface area contributed by atoms with Crippen LogP contribution in [0.3, 0.4) is 0 Å². The lowest BCUT2D eigenvalue weighted by atomic mass is 10.0. The molecule has 2 heterocycles. The van der Waals surface area contributed by atoms with Crippen molar-refractivity contribution in [2.45, 2.75) is 18.4 Å². The minimum atomic E-state index is -1.14. The van der Waals surface area contributed by atoms with Gasteiger partial charge in [-0.25, -0.2) is 0 Å². The molecule has 2 fully saturated rings. The van der Waals surface area contributed by atoms with Crippen molar-refractivity contribution in [2.24, 2.45) is 7.05 Å². The number of piperazine rings is 1. The maximum atomic E-state index is 12.9. The van der Waals surface area contributed by atoms with Crippen LogP contribution in [0.1, 0.15) is 23.2 Å². The normalized spacial score (nSPS) is 17.3. The molecule has 32 heavy (non-hydrogen) atoms. The molecule has 8 nitrogen and oxygen atoms in total. The summed E-state index contributed by atoms with van der Waals surface area (Å²) in [6, 6.07) is 15.7. The first kappa shape index (κ1) is 20.4. The third kappa shape index (κ3) is 3.89. The van der Waals surface area contributed by atoms with E-state index in [9.17, 15) is 14.7 Å². The van der Waals surface area contributed by atoms with Gasteiger partial charge in [0.1, 0.15) is 11.3 Å². The maximum Gasteiger partial charge on any atom is 0.254 e. The quantitative estimate of drug-likeness (QED) is 0.682. The third-order valence-corrected chi connectivity index (χ3v) is 6.22. The van der Waals surface area contributed by atoms with Gasteiger partial charge in [-0.2, -0.15) is 0 Å². The van der Waals surface area contributed by atoms with E-state index in [-0.39, 0.29) is 11.8 Å². The Morgan fingerprint density at radius 3 is 1.91 bits per heavy atom. The first-order valence-corrected chi connectivity index (χ1v) is 10.8. The fourth-order valence-corrected chi connectivity index (χ4v) is 4.04. The van der Waals surface area contributed by atoms with Crippen LogP contribution in [0.15, 0.2) is 54.7 Å².